The number of non-ortho nitro benzene ring substituents is 1. The number of Topliss-reactive ketones (excluding diaryl/α,β-unsaturated/α-hetero) is 1. The van der Waals surface area contributed by atoms with Crippen molar-refractivity contribution >= 4 is 39.2 Å². The van der Waals surface area contributed by atoms with Gasteiger partial charge in [-0.15, -0.1) is 10.2 Å². The quantitative estimate of drug-likeness (QED) is 0.294. The van der Waals surface area contributed by atoms with Crippen molar-refractivity contribution in [2.24, 2.45) is 0 Å². The SMILES string of the molecule is CCn1c(SCC(=O)c2cc([N+](=O)[O-])ccc2Br)nnc1C(C)C. The van der Waals surface area contributed by atoms with Crippen molar-refractivity contribution in [3.63, 3.8) is 0 Å². The summed E-state index contributed by atoms with van der Waals surface area (Å²) in [6, 6.07) is 4.16. The fourth-order valence-electron chi connectivity index (χ4n) is 2.18. The van der Waals surface area contributed by atoms with Gasteiger partial charge in [0.25, 0.3) is 5.69 Å². The molecule has 9 heteroatoms. The van der Waals surface area contributed by atoms with Crippen molar-refractivity contribution in [2.45, 2.75) is 38.4 Å². The lowest BCUT2D eigenvalue weighted by atomic mass is 10.1. The van der Waals surface area contributed by atoms with Crippen LogP contribution in [0, 0.1) is 10.1 Å². The van der Waals surface area contributed by atoms with Gasteiger partial charge in [-0.3, -0.25) is 14.9 Å². The molecule has 0 amide bonds. The van der Waals surface area contributed by atoms with Crippen molar-refractivity contribution in [3.05, 3.63) is 44.2 Å². The van der Waals surface area contributed by atoms with E-state index in [1.165, 1.54) is 30.0 Å². The van der Waals surface area contributed by atoms with E-state index in [2.05, 4.69) is 26.1 Å². The number of carbonyl (C=O) groups is 1. The zero-order chi connectivity index (χ0) is 17.9. The van der Waals surface area contributed by atoms with Crippen LogP contribution < -0.4 is 0 Å². The van der Waals surface area contributed by atoms with Crippen molar-refractivity contribution < 1.29 is 9.72 Å². The van der Waals surface area contributed by atoms with E-state index in [9.17, 15) is 14.9 Å². The van der Waals surface area contributed by atoms with Crippen LogP contribution in [-0.4, -0.2) is 31.2 Å². The summed E-state index contributed by atoms with van der Waals surface area (Å²) in [5.74, 6) is 1.06. The number of hydrogen-bond donors (Lipinski definition) is 0. The number of nitrogens with zero attached hydrogens (tertiary/aromatic N) is 4. The molecule has 0 bridgehead atoms. The van der Waals surface area contributed by atoms with Crippen LogP contribution in [0.5, 0.6) is 0 Å². The Hall–Kier alpha value is -1.74. The van der Waals surface area contributed by atoms with E-state index >= 15 is 0 Å². The predicted octanol–water partition coefficient (Wildman–Crippen LogP) is 4.07. The lowest BCUT2D eigenvalue weighted by molar-refractivity contribution is -0.384. The third kappa shape index (κ3) is 4.02. The molecule has 2 rings (SSSR count). The number of halogens is 1. The van der Waals surface area contributed by atoms with E-state index in [4.69, 9.17) is 0 Å². The van der Waals surface area contributed by atoms with Gasteiger partial charge in [0.2, 0.25) is 0 Å². The maximum atomic E-state index is 12.4. The lowest BCUT2D eigenvalue weighted by Gasteiger charge is -2.09. The number of nitro groups is 1. The molecule has 7 nitrogen and oxygen atoms in total. The van der Waals surface area contributed by atoms with E-state index in [0.29, 0.717) is 15.2 Å². The van der Waals surface area contributed by atoms with Crippen LogP contribution in [0.2, 0.25) is 0 Å². The maximum Gasteiger partial charge on any atom is 0.270 e. The highest BCUT2D eigenvalue weighted by atomic mass is 79.9. The summed E-state index contributed by atoms with van der Waals surface area (Å²) < 4.78 is 2.52. The van der Waals surface area contributed by atoms with E-state index in [1.807, 2.05) is 25.3 Å². The number of hydrogen-bond acceptors (Lipinski definition) is 6. The third-order valence-electron chi connectivity index (χ3n) is 3.37. The molecule has 128 valence electrons. The van der Waals surface area contributed by atoms with Gasteiger partial charge in [-0.2, -0.15) is 0 Å². The average Bonchev–Trinajstić information content (AvgIpc) is 2.95. The van der Waals surface area contributed by atoms with Crippen molar-refractivity contribution in [2.75, 3.05) is 5.75 Å². The van der Waals surface area contributed by atoms with Gasteiger partial charge in [0.15, 0.2) is 10.9 Å². The zero-order valence-corrected chi connectivity index (χ0v) is 15.9. The topological polar surface area (TPSA) is 90.9 Å². The Morgan fingerprint density at radius 1 is 1.42 bits per heavy atom. The molecule has 0 aliphatic heterocycles. The molecule has 0 aliphatic rings. The van der Waals surface area contributed by atoms with Crippen LogP contribution in [0.25, 0.3) is 0 Å². The van der Waals surface area contributed by atoms with Crippen LogP contribution in [0.1, 0.15) is 42.9 Å². The first-order chi connectivity index (χ1) is 11.3. The molecule has 1 aromatic heterocycles. The molecule has 0 saturated heterocycles. The minimum Gasteiger partial charge on any atom is -0.306 e. The van der Waals surface area contributed by atoms with Crippen LogP contribution in [0.4, 0.5) is 5.69 Å². The molecule has 0 N–H and O–H groups in total. The molecule has 0 aliphatic carbocycles. The lowest BCUT2D eigenvalue weighted by Crippen LogP contribution is -2.08. The van der Waals surface area contributed by atoms with Gasteiger partial charge >= 0.3 is 0 Å². The van der Waals surface area contributed by atoms with Gasteiger partial charge in [-0.25, -0.2) is 0 Å². The van der Waals surface area contributed by atoms with Gasteiger partial charge < -0.3 is 4.57 Å². The zero-order valence-electron chi connectivity index (χ0n) is 13.5. The molecule has 0 spiro atoms. The number of thioether (sulfide) groups is 1. The van der Waals surface area contributed by atoms with Gasteiger partial charge in [0.05, 0.1) is 10.7 Å². The molecule has 1 heterocycles. The minimum absolute atomic E-state index is 0.106. The summed E-state index contributed by atoms with van der Waals surface area (Å²) in [6.45, 7) is 6.79. The number of aromatic nitrogens is 3. The summed E-state index contributed by atoms with van der Waals surface area (Å²) in [5.41, 5.74) is 0.189. The van der Waals surface area contributed by atoms with Crippen LogP contribution in [-0.2, 0) is 6.54 Å². The van der Waals surface area contributed by atoms with Crippen molar-refractivity contribution in [1.29, 1.82) is 0 Å². The van der Waals surface area contributed by atoms with Gasteiger partial charge in [-0.05, 0) is 13.0 Å². The summed E-state index contributed by atoms with van der Waals surface area (Å²) >= 11 is 4.56. The van der Waals surface area contributed by atoms with Crippen molar-refractivity contribution in [3.8, 4) is 0 Å². The predicted molar refractivity (Wildman–Crippen MR) is 95.6 cm³/mol. The second kappa shape index (κ2) is 7.89. The van der Waals surface area contributed by atoms with Crippen LogP contribution in [0.3, 0.4) is 0 Å². The molecule has 0 atom stereocenters. The first-order valence-electron chi connectivity index (χ1n) is 7.38. The highest BCUT2D eigenvalue weighted by Crippen LogP contribution is 2.26. The Bertz CT molecular complexity index is 776. The van der Waals surface area contributed by atoms with Gasteiger partial charge in [0, 0.05) is 34.6 Å². The Kier molecular flexibility index (Phi) is 6.11. The minimum atomic E-state index is -0.515. The fraction of sp³-hybridized carbons (Fsp3) is 0.400. The molecule has 1 aromatic carbocycles. The number of carbonyl (C=O) groups excluding carboxylic acids is 1. The molecule has 0 unspecified atom stereocenters. The molecule has 0 saturated carbocycles. The summed E-state index contributed by atoms with van der Waals surface area (Å²) in [5, 5.41) is 19.9. The smallest absolute Gasteiger partial charge is 0.270 e. The highest BCUT2D eigenvalue weighted by molar-refractivity contribution is 9.10. The summed E-state index contributed by atoms with van der Waals surface area (Å²) in [6.07, 6.45) is 0. The molecular weight excluding hydrogens is 396 g/mol. The molecule has 2 aromatic rings. The van der Waals surface area contributed by atoms with Crippen LogP contribution in [0.15, 0.2) is 27.8 Å². The largest absolute Gasteiger partial charge is 0.306 e. The van der Waals surface area contributed by atoms with Gasteiger partial charge in [0.1, 0.15) is 5.82 Å². The second-order valence-electron chi connectivity index (χ2n) is 5.37. The Morgan fingerprint density at radius 2 is 2.12 bits per heavy atom. The van der Waals surface area contributed by atoms with E-state index in [0.717, 1.165) is 12.4 Å². The first kappa shape index (κ1) is 18.6. The normalized spacial score (nSPS) is 11.0. The first-order valence-corrected chi connectivity index (χ1v) is 9.16. The Morgan fingerprint density at radius 3 is 2.71 bits per heavy atom. The third-order valence-corrected chi connectivity index (χ3v) is 5.03. The van der Waals surface area contributed by atoms with Gasteiger partial charge in [-0.1, -0.05) is 41.5 Å². The summed E-state index contributed by atoms with van der Waals surface area (Å²) in [7, 11) is 0. The fourth-order valence-corrected chi connectivity index (χ4v) is 3.54. The molecular formula is C15H17BrN4O3S. The monoisotopic (exact) mass is 412 g/mol. The van der Waals surface area contributed by atoms with E-state index in [1.54, 1.807) is 0 Å². The Labute approximate surface area is 152 Å². The molecule has 24 heavy (non-hydrogen) atoms. The van der Waals surface area contributed by atoms with E-state index < -0.39 is 4.92 Å². The van der Waals surface area contributed by atoms with Crippen molar-refractivity contribution in [1.82, 2.24) is 14.8 Å². The number of ketones is 1. The molecule has 0 radical (unpaired) electrons. The maximum absolute atomic E-state index is 12.4. The van der Waals surface area contributed by atoms with Crippen LogP contribution >= 0.6 is 27.7 Å². The van der Waals surface area contributed by atoms with E-state index in [-0.39, 0.29) is 23.1 Å². The average molecular weight is 413 g/mol. The number of rotatable bonds is 7. The number of nitro benzene ring substituents is 1. The highest BCUT2D eigenvalue weighted by Gasteiger charge is 2.19. The molecule has 0 fully saturated rings. The Balaban J connectivity index is 2.17. The summed E-state index contributed by atoms with van der Waals surface area (Å²) in [4.78, 5) is 22.8. The second-order valence-corrected chi connectivity index (χ2v) is 7.17. The number of benzene rings is 1. The standard InChI is InChI=1S/C15H17BrN4O3S/c1-4-19-14(9(2)3)17-18-15(19)24-8-13(21)11-7-10(20(22)23)5-6-12(11)16/h5-7,9H,4,8H2,1-3H3.